The third-order valence-electron chi connectivity index (χ3n) is 1.37. The highest BCUT2D eigenvalue weighted by atomic mass is 35.5. The first-order valence-electron chi connectivity index (χ1n) is 4.01. The van der Waals surface area contributed by atoms with Gasteiger partial charge in [-0.15, -0.1) is 0 Å². The first-order valence-corrected chi connectivity index (χ1v) is 4.39. The molecule has 0 saturated heterocycles. The quantitative estimate of drug-likeness (QED) is 0.382. The van der Waals surface area contributed by atoms with E-state index in [9.17, 15) is 14.0 Å². The van der Waals surface area contributed by atoms with Gasteiger partial charge < -0.3 is 4.74 Å². The number of hydrogen-bond donors (Lipinski definition) is 0. The number of carbonyl (C=O) groups is 2. The minimum Gasteiger partial charge on any atom is -0.466 e. The first kappa shape index (κ1) is 12.4. The maximum absolute atomic E-state index is 12.7. The highest BCUT2D eigenvalue weighted by Gasteiger charge is 2.24. The molecule has 1 atom stereocenters. The summed E-state index contributed by atoms with van der Waals surface area (Å²) < 4.78 is 17.3. The summed E-state index contributed by atoms with van der Waals surface area (Å²) in [5, 5.41) is -2.34. The standard InChI is InChI=1S/C8H12ClFO3/c1-2-13-7(12)4-3-5-8(9,10)6-11/h6H,2-5H2,1H3/t8-/m0/s1. The van der Waals surface area contributed by atoms with Crippen molar-refractivity contribution in [3.63, 3.8) is 0 Å². The SMILES string of the molecule is CCOC(=O)CCC[C@@](F)(Cl)C=O. The second-order valence-electron chi connectivity index (χ2n) is 2.54. The van der Waals surface area contributed by atoms with Crippen molar-refractivity contribution in [2.24, 2.45) is 0 Å². The van der Waals surface area contributed by atoms with Gasteiger partial charge in [-0.2, -0.15) is 0 Å². The maximum Gasteiger partial charge on any atom is 0.305 e. The van der Waals surface area contributed by atoms with Crippen LogP contribution in [-0.4, -0.2) is 24.0 Å². The molecule has 0 unspecified atom stereocenters. The molecule has 0 aromatic rings. The van der Waals surface area contributed by atoms with Crippen LogP contribution in [0.15, 0.2) is 0 Å². The Morgan fingerprint density at radius 3 is 2.77 bits per heavy atom. The third-order valence-corrected chi connectivity index (χ3v) is 1.65. The van der Waals surface area contributed by atoms with Gasteiger partial charge in [0.15, 0.2) is 6.29 Å². The zero-order valence-electron chi connectivity index (χ0n) is 7.39. The van der Waals surface area contributed by atoms with Crippen LogP contribution in [0, 0.1) is 0 Å². The lowest BCUT2D eigenvalue weighted by Crippen LogP contribution is -2.16. The summed E-state index contributed by atoms with van der Waals surface area (Å²) >= 11 is 5.09. The molecule has 0 rings (SSSR count). The van der Waals surface area contributed by atoms with Gasteiger partial charge in [-0.1, -0.05) is 11.6 Å². The average molecular weight is 211 g/mol. The van der Waals surface area contributed by atoms with Crippen molar-refractivity contribution < 1.29 is 18.7 Å². The first-order chi connectivity index (χ1) is 6.02. The molecule has 3 nitrogen and oxygen atoms in total. The number of halogens is 2. The zero-order chi connectivity index (χ0) is 10.3. The Morgan fingerprint density at radius 1 is 1.69 bits per heavy atom. The van der Waals surface area contributed by atoms with Gasteiger partial charge in [-0.05, 0) is 13.3 Å². The van der Waals surface area contributed by atoms with Crippen LogP contribution in [0.5, 0.6) is 0 Å². The second-order valence-corrected chi connectivity index (χ2v) is 3.17. The van der Waals surface area contributed by atoms with Gasteiger partial charge in [-0.25, -0.2) is 4.39 Å². The molecule has 0 aliphatic heterocycles. The molecule has 0 bridgehead atoms. The molecule has 0 aliphatic carbocycles. The Hall–Kier alpha value is -0.640. The number of alkyl halides is 2. The van der Waals surface area contributed by atoms with Crippen LogP contribution in [0.25, 0.3) is 0 Å². The summed E-state index contributed by atoms with van der Waals surface area (Å²) in [5.41, 5.74) is 0. The average Bonchev–Trinajstić information content (AvgIpc) is 2.05. The Bertz CT molecular complexity index is 182. The van der Waals surface area contributed by atoms with E-state index in [1.165, 1.54) is 0 Å². The molecule has 0 fully saturated rings. The highest BCUT2D eigenvalue weighted by Crippen LogP contribution is 2.21. The number of esters is 1. The van der Waals surface area contributed by atoms with Crippen LogP contribution in [0.1, 0.15) is 26.2 Å². The molecule has 0 aliphatic rings. The lowest BCUT2D eigenvalue weighted by Gasteiger charge is -2.08. The van der Waals surface area contributed by atoms with Crippen molar-refractivity contribution in [1.82, 2.24) is 0 Å². The van der Waals surface area contributed by atoms with Crippen LogP contribution < -0.4 is 0 Å². The van der Waals surface area contributed by atoms with Gasteiger partial charge in [0.2, 0.25) is 5.13 Å². The molecule has 0 saturated carbocycles. The minimum absolute atomic E-state index is 0.0275. The predicted molar refractivity (Wildman–Crippen MR) is 46.2 cm³/mol. The predicted octanol–water partition coefficient (Wildman–Crippen LogP) is 1.82. The lowest BCUT2D eigenvalue weighted by atomic mass is 10.2. The fourth-order valence-corrected chi connectivity index (χ4v) is 0.894. The topological polar surface area (TPSA) is 43.4 Å². The molecule has 5 heteroatoms. The van der Waals surface area contributed by atoms with Gasteiger partial charge >= 0.3 is 5.97 Å². The summed E-state index contributed by atoms with van der Waals surface area (Å²) in [5.74, 6) is -0.402. The summed E-state index contributed by atoms with van der Waals surface area (Å²) in [6, 6.07) is 0. The fourth-order valence-electron chi connectivity index (χ4n) is 0.761. The smallest absolute Gasteiger partial charge is 0.305 e. The number of hydrogen-bond acceptors (Lipinski definition) is 3. The van der Waals surface area contributed by atoms with Crippen molar-refractivity contribution in [2.75, 3.05) is 6.61 Å². The van der Waals surface area contributed by atoms with Crippen LogP contribution >= 0.6 is 11.6 Å². The summed E-state index contributed by atoms with van der Waals surface area (Å²) in [6.07, 6.45) is 0.147. The number of aldehydes is 1. The molecular weight excluding hydrogens is 199 g/mol. The van der Waals surface area contributed by atoms with Gasteiger partial charge in [0.25, 0.3) is 0 Å². The zero-order valence-corrected chi connectivity index (χ0v) is 8.14. The molecule has 0 aromatic heterocycles. The minimum atomic E-state index is -2.34. The Kier molecular flexibility index (Phi) is 5.62. The van der Waals surface area contributed by atoms with Gasteiger partial charge in [0.1, 0.15) is 0 Å². The number of ether oxygens (including phenoxy) is 1. The second kappa shape index (κ2) is 5.91. The van der Waals surface area contributed by atoms with Crippen molar-refractivity contribution in [3.05, 3.63) is 0 Å². The van der Waals surface area contributed by atoms with E-state index in [4.69, 9.17) is 11.6 Å². The van der Waals surface area contributed by atoms with E-state index >= 15 is 0 Å². The molecule has 13 heavy (non-hydrogen) atoms. The van der Waals surface area contributed by atoms with Gasteiger partial charge in [0, 0.05) is 12.8 Å². The van der Waals surface area contributed by atoms with E-state index < -0.39 is 11.1 Å². The molecule has 0 aromatic carbocycles. The van der Waals surface area contributed by atoms with E-state index in [2.05, 4.69) is 4.74 Å². The van der Waals surface area contributed by atoms with E-state index in [1.54, 1.807) is 6.92 Å². The van der Waals surface area contributed by atoms with Crippen LogP contribution in [0.3, 0.4) is 0 Å². The van der Waals surface area contributed by atoms with Crippen molar-refractivity contribution in [3.8, 4) is 0 Å². The Balaban J connectivity index is 3.55. The van der Waals surface area contributed by atoms with E-state index in [0.717, 1.165) is 0 Å². The van der Waals surface area contributed by atoms with Crippen molar-refractivity contribution in [2.45, 2.75) is 31.3 Å². The molecule has 0 heterocycles. The van der Waals surface area contributed by atoms with E-state index in [0.29, 0.717) is 6.61 Å². The molecule has 0 spiro atoms. The van der Waals surface area contributed by atoms with Crippen LogP contribution in [0.2, 0.25) is 0 Å². The summed E-state index contributed by atoms with van der Waals surface area (Å²) in [7, 11) is 0. The normalized spacial score (nSPS) is 14.7. The molecular formula is C8H12ClFO3. The van der Waals surface area contributed by atoms with Gasteiger partial charge in [-0.3, -0.25) is 9.59 Å². The Morgan fingerprint density at radius 2 is 2.31 bits per heavy atom. The number of carbonyl (C=O) groups excluding carboxylic acids is 2. The highest BCUT2D eigenvalue weighted by molar-refractivity contribution is 6.30. The monoisotopic (exact) mass is 210 g/mol. The molecule has 0 radical (unpaired) electrons. The number of rotatable bonds is 6. The van der Waals surface area contributed by atoms with E-state index in [1.807, 2.05) is 0 Å². The lowest BCUT2D eigenvalue weighted by molar-refractivity contribution is -0.143. The van der Waals surface area contributed by atoms with E-state index in [-0.39, 0.29) is 25.5 Å². The summed E-state index contributed by atoms with van der Waals surface area (Å²) in [4.78, 5) is 20.7. The Labute approximate surface area is 81.2 Å². The van der Waals surface area contributed by atoms with Crippen LogP contribution in [-0.2, 0) is 14.3 Å². The molecule has 0 amide bonds. The third kappa shape index (κ3) is 6.51. The van der Waals surface area contributed by atoms with Crippen molar-refractivity contribution in [1.29, 1.82) is 0 Å². The molecule has 76 valence electrons. The fraction of sp³-hybridized carbons (Fsp3) is 0.750. The largest absolute Gasteiger partial charge is 0.466 e. The summed E-state index contributed by atoms with van der Waals surface area (Å²) in [6.45, 7) is 1.98. The maximum atomic E-state index is 12.7. The van der Waals surface area contributed by atoms with Crippen molar-refractivity contribution >= 4 is 23.9 Å². The van der Waals surface area contributed by atoms with Gasteiger partial charge in [0.05, 0.1) is 6.61 Å². The molecule has 0 N–H and O–H groups in total. The van der Waals surface area contributed by atoms with Crippen LogP contribution in [0.4, 0.5) is 4.39 Å².